The van der Waals surface area contributed by atoms with Crippen molar-refractivity contribution in [3.05, 3.63) is 69.9 Å². The molecule has 1 atom stereocenters. The van der Waals surface area contributed by atoms with Crippen LogP contribution in [0.4, 0.5) is 4.39 Å². The maximum Gasteiger partial charge on any atom is 0.126 e. The van der Waals surface area contributed by atoms with E-state index in [2.05, 4.69) is 45.5 Å². The molecule has 3 heteroatoms. The van der Waals surface area contributed by atoms with Crippen LogP contribution in [0.3, 0.4) is 0 Å². The van der Waals surface area contributed by atoms with Gasteiger partial charge in [-0.2, -0.15) is 0 Å². The third kappa shape index (κ3) is 5.25. The van der Waals surface area contributed by atoms with Gasteiger partial charge in [0.1, 0.15) is 5.82 Å². The van der Waals surface area contributed by atoms with Crippen molar-refractivity contribution in [3.63, 3.8) is 0 Å². The highest BCUT2D eigenvalue weighted by molar-refractivity contribution is 9.10. The van der Waals surface area contributed by atoms with Gasteiger partial charge in [-0.05, 0) is 62.1 Å². The molecule has 0 heterocycles. The first-order valence-electron chi connectivity index (χ1n) is 7.34. The van der Waals surface area contributed by atoms with Crippen molar-refractivity contribution >= 4 is 15.9 Å². The number of likely N-dealkylation sites (N-methyl/N-ethyl adjacent to an activating group) is 1. The van der Waals surface area contributed by atoms with Gasteiger partial charge in [0.2, 0.25) is 0 Å². The molecule has 112 valence electrons. The van der Waals surface area contributed by atoms with Crippen LogP contribution < -0.4 is 5.32 Å². The summed E-state index contributed by atoms with van der Waals surface area (Å²) in [4.78, 5) is 0. The zero-order chi connectivity index (χ0) is 15.1. The summed E-state index contributed by atoms with van der Waals surface area (Å²) in [7, 11) is 1.95. The summed E-state index contributed by atoms with van der Waals surface area (Å²) in [6, 6.07) is 15.9. The molecule has 0 fully saturated rings. The molecule has 0 bridgehead atoms. The van der Waals surface area contributed by atoms with Crippen molar-refractivity contribution < 1.29 is 4.39 Å². The summed E-state index contributed by atoms with van der Waals surface area (Å²) < 4.78 is 14.7. The summed E-state index contributed by atoms with van der Waals surface area (Å²) in [6.45, 7) is 0. The Hall–Kier alpha value is -1.19. The molecule has 0 aliphatic carbocycles. The van der Waals surface area contributed by atoms with Gasteiger partial charge in [-0.25, -0.2) is 4.39 Å². The van der Waals surface area contributed by atoms with E-state index in [1.54, 1.807) is 6.07 Å². The molecule has 2 rings (SSSR count). The standard InChI is InChI=1S/C18H21BrFN/c1-21-17(9-5-8-14-6-3-2-4-7-14)13-15-12-16(19)10-11-18(15)20/h2-4,6-7,10-12,17,21H,5,8-9,13H2,1H3. The topological polar surface area (TPSA) is 12.0 Å². The molecule has 0 spiro atoms. The minimum atomic E-state index is -0.124. The molecule has 0 aromatic heterocycles. The minimum Gasteiger partial charge on any atom is -0.317 e. The molecule has 2 aromatic rings. The lowest BCUT2D eigenvalue weighted by Gasteiger charge is -2.17. The first-order chi connectivity index (χ1) is 10.2. The van der Waals surface area contributed by atoms with E-state index in [-0.39, 0.29) is 5.82 Å². The van der Waals surface area contributed by atoms with Crippen molar-refractivity contribution in [2.45, 2.75) is 31.7 Å². The number of rotatable bonds is 7. The zero-order valence-electron chi connectivity index (χ0n) is 12.3. The summed E-state index contributed by atoms with van der Waals surface area (Å²) in [5, 5.41) is 3.30. The highest BCUT2D eigenvalue weighted by atomic mass is 79.9. The predicted molar refractivity (Wildman–Crippen MR) is 90.0 cm³/mol. The lowest BCUT2D eigenvalue weighted by atomic mass is 9.99. The Morgan fingerprint density at radius 3 is 2.62 bits per heavy atom. The number of hydrogen-bond donors (Lipinski definition) is 1. The summed E-state index contributed by atoms with van der Waals surface area (Å²) in [5.41, 5.74) is 2.13. The van der Waals surface area contributed by atoms with Crippen LogP contribution in [0.25, 0.3) is 0 Å². The Kier molecular flexibility index (Phi) is 6.40. The van der Waals surface area contributed by atoms with Crippen LogP contribution >= 0.6 is 15.9 Å². The second-order valence-corrected chi connectivity index (χ2v) is 6.22. The molecule has 0 aliphatic heterocycles. The smallest absolute Gasteiger partial charge is 0.126 e. The molecule has 2 aromatic carbocycles. The molecule has 21 heavy (non-hydrogen) atoms. The molecule has 0 radical (unpaired) electrons. The van der Waals surface area contributed by atoms with Gasteiger partial charge in [-0.15, -0.1) is 0 Å². The third-order valence-electron chi connectivity index (χ3n) is 3.74. The largest absolute Gasteiger partial charge is 0.317 e. The highest BCUT2D eigenvalue weighted by Gasteiger charge is 2.11. The van der Waals surface area contributed by atoms with Crippen LogP contribution in [0.15, 0.2) is 53.0 Å². The number of halogens is 2. The van der Waals surface area contributed by atoms with Gasteiger partial charge in [0.15, 0.2) is 0 Å². The van der Waals surface area contributed by atoms with Crippen LogP contribution in [0.1, 0.15) is 24.0 Å². The SMILES string of the molecule is CNC(CCCc1ccccc1)Cc1cc(Br)ccc1F. The van der Waals surface area contributed by atoms with Crippen molar-refractivity contribution in [2.24, 2.45) is 0 Å². The monoisotopic (exact) mass is 349 g/mol. The molecular formula is C18H21BrFN. The fraction of sp³-hybridized carbons (Fsp3) is 0.333. The van der Waals surface area contributed by atoms with E-state index in [4.69, 9.17) is 0 Å². The number of hydrogen-bond acceptors (Lipinski definition) is 1. The van der Waals surface area contributed by atoms with Gasteiger partial charge < -0.3 is 5.32 Å². The zero-order valence-corrected chi connectivity index (χ0v) is 13.9. The van der Waals surface area contributed by atoms with Crippen LogP contribution in [0.5, 0.6) is 0 Å². The number of aryl methyl sites for hydroxylation is 1. The molecule has 0 saturated heterocycles. The van der Waals surface area contributed by atoms with Crippen molar-refractivity contribution in [1.29, 1.82) is 0 Å². The van der Waals surface area contributed by atoms with Crippen molar-refractivity contribution in [1.82, 2.24) is 5.32 Å². The Labute approximate surface area is 134 Å². The second-order valence-electron chi connectivity index (χ2n) is 5.30. The first kappa shape index (κ1) is 16.2. The molecule has 0 amide bonds. The van der Waals surface area contributed by atoms with Gasteiger partial charge in [-0.1, -0.05) is 46.3 Å². The lowest BCUT2D eigenvalue weighted by Crippen LogP contribution is -2.28. The van der Waals surface area contributed by atoms with Crippen LogP contribution in [-0.4, -0.2) is 13.1 Å². The van der Waals surface area contributed by atoms with E-state index in [1.807, 2.05) is 19.2 Å². The van der Waals surface area contributed by atoms with E-state index >= 15 is 0 Å². The number of benzene rings is 2. The van der Waals surface area contributed by atoms with Gasteiger partial charge in [0.05, 0.1) is 0 Å². The summed E-state index contributed by atoms with van der Waals surface area (Å²) in [6.07, 6.45) is 3.93. The lowest BCUT2D eigenvalue weighted by molar-refractivity contribution is 0.489. The Balaban J connectivity index is 1.87. The maximum absolute atomic E-state index is 13.8. The normalized spacial score (nSPS) is 12.3. The van der Waals surface area contributed by atoms with E-state index in [1.165, 1.54) is 11.6 Å². The number of nitrogens with one attached hydrogen (secondary N) is 1. The van der Waals surface area contributed by atoms with Crippen LogP contribution in [0, 0.1) is 5.82 Å². The third-order valence-corrected chi connectivity index (χ3v) is 4.24. The van der Waals surface area contributed by atoms with E-state index < -0.39 is 0 Å². The Bertz CT molecular complexity index is 556. The fourth-order valence-corrected chi connectivity index (χ4v) is 2.92. The molecule has 1 N–H and O–H groups in total. The average molecular weight is 350 g/mol. The summed E-state index contributed by atoms with van der Waals surface area (Å²) in [5.74, 6) is -0.124. The van der Waals surface area contributed by atoms with E-state index in [0.717, 1.165) is 35.7 Å². The van der Waals surface area contributed by atoms with Gasteiger partial charge in [-0.3, -0.25) is 0 Å². The Morgan fingerprint density at radius 1 is 1.14 bits per heavy atom. The highest BCUT2D eigenvalue weighted by Crippen LogP contribution is 2.18. The van der Waals surface area contributed by atoms with Crippen molar-refractivity contribution in [3.8, 4) is 0 Å². The average Bonchev–Trinajstić information content (AvgIpc) is 2.51. The minimum absolute atomic E-state index is 0.124. The quantitative estimate of drug-likeness (QED) is 0.760. The molecule has 0 saturated carbocycles. The fourth-order valence-electron chi connectivity index (χ4n) is 2.51. The predicted octanol–water partition coefficient (Wildman–Crippen LogP) is 4.74. The second kappa shape index (κ2) is 8.30. The molecular weight excluding hydrogens is 329 g/mol. The maximum atomic E-state index is 13.8. The van der Waals surface area contributed by atoms with Crippen molar-refractivity contribution in [2.75, 3.05) is 7.05 Å². The van der Waals surface area contributed by atoms with Gasteiger partial charge >= 0.3 is 0 Å². The first-order valence-corrected chi connectivity index (χ1v) is 8.13. The van der Waals surface area contributed by atoms with Gasteiger partial charge in [0, 0.05) is 10.5 Å². The van der Waals surface area contributed by atoms with Crippen LogP contribution in [-0.2, 0) is 12.8 Å². The van der Waals surface area contributed by atoms with Gasteiger partial charge in [0.25, 0.3) is 0 Å². The molecule has 1 unspecified atom stereocenters. The molecule has 0 aliphatic rings. The Morgan fingerprint density at radius 2 is 1.90 bits per heavy atom. The summed E-state index contributed by atoms with van der Waals surface area (Å²) >= 11 is 3.40. The van der Waals surface area contributed by atoms with E-state index in [0.29, 0.717) is 6.04 Å². The van der Waals surface area contributed by atoms with E-state index in [9.17, 15) is 4.39 Å². The molecule has 1 nitrogen and oxygen atoms in total. The van der Waals surface area contributed by atoms with Crippen LogP contribution in [0.2, 0.25) is 0 Å².